The third-order valence-corrected chi connectivity index (χ3v) is 10.9. The Hall–Kier alpha value is -4.81. The van der Waals surface area contributed by atoms with Crippen LogP contribution >= 0.6 is 0 Å². The third-order valence-electron chi connectivity index (χ3n) is 10.9. The molecule has 15 heteroatoms. The van der Waals surface area contributed by atoms with Gasteiger partial charge in [0.05, 0.1) is 0 Å². The quantitative estimate of drug-likeness (QED) is 0.0295. The number of carbonyl (C=O) groups excluding carboxylic acids is 1. The van der Waals surface area contributed by atoms with Gasteiger partial charge in [-0.2, -0.15) is 0 Å². The minimum absolute atomic E-state index is 0.115. The van der Waals surface area contributed by atoms with Crippen molar-refractivity contribution < 1.29 is 25.2 Å². The van der Waals surface area contributed by atoms with Gasteiger partial charge in [-0.3, -0.25) is 4.79 Å². The molecule has 0 saturated carbocycles. The summed E-state index contributed by atoms with van der Waals surface area (Å²) in [6.45, 7) is 10.7. The second-order valence-corrected chi connectivity index (χ2v) is 16.5. The molecule has 0 radical (unpaired) electrons. The zero-order valence-electron chi connectivity index (χ0n) is 37.0. The summed E-state index contributed by atoms with van der Waals surface area (Å²) in [5.41, 5.74) is 15.7. The van der Waals surface area contributed by atoms with Crippen LogP contribution in [0.4, 0.5) is 0 Å². The Balaban J connectivity index is 1.26. The second kappa shape index (κ2) is 29.5. The molecular weight excluding hydrogens is 797 g/mol. The fourth-order valence-corrected chi connectivity index (χ4v) is 7.35. The highest BCUT2D eigenvalue weighted by molar-refractivity contribution is 5.73. The highest BCUT2D eigenvalue weighted by Gasteiger charge is 2.16. The van der Waals surface area contributed by atoms with E-state index in [0.29, 0.717) is 19.6 Å². The number of nitrogens with two attached hydrogens (primary N) is 2. The van der Waals surface area contributed by atoms with Gasteiger partial charge >= 0.3 is 0 Å². The first kappa shape index (κ1) is 50.8. The number of amides is 1. The molecule has 15 nitrogen and oxygen atoms in total. The van der Waals surface area contributed by atoms with Gasteiger partial charge < -0.3 is 74.4 Å². The Morgan fingerprint density at radius 3 is 1.14 bits per heavy atom. The van der Waals surface area contributed by atoms with Crippen LogP contribution in [0.5, 0.6) is 23.0 Å². The van der Waals surface area contributed by atoms with E-state index in [9.17, 15) is 25.2 Å². The Bertz CT molecular complexity index is 1800. The molecule has 0 spiro atoms. The predicted octanol–water partition coefficient (Wildman–Crippen LogP) is 1.19. The van der Waals surface area contributed by atoms with Crippen LogP contribution in [0.25, 0.3) is 0 Å². The summed E-state index contributed by atoms with van der Waals surface area (Å²) in [6.07, 6.45) is 3.46. The molecule has 4 aromatic carbocycles. The van der Waals surface area contributed by atoms with E-state index in [2.05, 4.69) is 49.5 Å². The zero-order chi connectivity index (χ0) is 45.1. The first-order chi connectivity index (χ1) is 30.5. The number of hydrogen-bond donors (Lipinski definition) is 14. The number of aromatic hydroxyl groups is 4. The maximum absolute atomic E-state index is 11.2. The van der Waals surface area contributed by atoms with Crippen molar-refractivity contribution in [2.75, 3.05) is 78.5 Å². The summed E-state index contributed by atoms with van der Waals surface area (Å²) in [6, 6.07) is 30.2. The third kappa shape index (κ3) is 22.4. The smallest absolute Gasteiger partial charge is 0.218 e. The summed E-state index contributed by atoms with van der Waals surface area (Å²) in [5, 5.41) is 68.2. The van der Waals surface area contributed by atoms with Crippen molar-refractivity contribution in [3.05, 3.63) is 119 Å². The van der Waals surface area contributed by atoms with Gasteiger partial charge in [-0.05, 0) is 103 Å². The van der Waals surface area contributed by atoms with Gasteiger partial charge in [-0.15, -0.1) is 0 Å². The summed E-state index contributed by atoms with van der Waals surface area (Å²) in [5.74, 6) is 0.669. The van der Waals surface area contributed by atoms with Crippen molar-refractivity contribution in [1.82, 2.24) is 42.5 Å². The van der Waals surface area contributed by atoms with Crippen LogP contribution in [0, 0.1) is 0 Å². The lowest BCUT2D eigenvalue weighted by Crippen LogP contribution is -2.50. The topological polar surface area (TPSA) is 246 Å². The number of primary amides is 1. The van der Waals surface area contributed by atoms with Crippen LogP contribution in [0.1, 0.15) is 35.6 Å². The molecule has 4 aromatic rings. The predicted molar refractivity (Wildman–Crippen MR) is 253 cm³/mol. The molecule has 0 bridgehead atoms. The van der Waals surface area contributed by atoms with Crippen LogP contribution in [-0.2, 0) is 30.5 Å². The second-order valence-electron chi connectivity index (χ2n) is 16.5. The van der Waals surface area contributed by atoms with Crippen LogP contribution in [0.2, 0.25) is 0 Å². The Morgan fingerprint density at radius 2 is 0.778 bits per heavy atom. The Labute approximate surface area is 374 Å². The summed E-state index contributed by atoms with van der Waals surface area (Å²) in [7, 11) is 0. The maximum atomic E-state index is 11.2. The molecule has 0 aliphatic carbocycles. The lowest BCUT2D eigenvalue weighted by atomic mass is 10.0. The summed E-state index contributed by atoms with van der Waals surface area (Å²) >= 11 is 0. The monoisotopic (exact) mass is 871 g/mol. The highest BCUT2D eigenvalue weighted by Crippen LogP contribution is 2.14. The SMILES string of the molecule is C[C@@H](CN[C@H](CNCCN[C@H](CNCCC(N)=O)Cc1ccc(O)cc1)Cc1ccc(O)cc1)NC[C@H](Cc1ccc(O)cc1)NCCNC[C@H](Cc1ccc(O)cc1)NCCN. The molecule has 0 heterocycles. The van der Waals surface area contributed by atoms with Gasteiger partial charge in [-0.1, -0.05) is 48.5 Å². The number of carbonyl (C=O) groups is 1. The fraction of sp³-hybridized carbons (Fsp3) is 0.479. The largest absolute Gasteiger partial charge is 0.508 e. The van der Waals surface area contributed by atoms with Gasteiger partial charge in [0.25, 0.3) is 0 Å². The van der Waals surface area contributed by atoms with E-state index in [4.69, 9.17) is 11.5 Å². The molecule has 0 aliphatic rings. The molecule has 4 rings (SSSR count). The number of nitrogens with one attached hydrogen (secondary N) is 8. The average Bonchev–Trinajstić information content (AvgIpc) is 3.27. The molecule has 346 valence electrons. The van der Waals surface area contributed by atoms with E-state index in [1.807, 2.05) is 48.5 Å². The minimum Gasteiger partial charge on any atom is -0.508 e. The average molecular weight is 871 g/mol. The fourth-order valence-electron chi connectivity index (χ4n) is 7.35. The highest BCUT2D eigenvalue weighted by atomic mass is 16.3. The molecular formula is C48H74N10O5. The van der Waals surface area contributed by atoms with Gasteiger partial charge in [0.1, 0.15) is 23.0 Å². The maximum Gasteiger partial charge on any atom is 0.218 e. The first-order valence-electron chi connectivity index (χ1n) is 22.4. The zero-order valence-corrected chi connectivity index (χ0v) is 37.0. The van der Waals surface area contributed by atoms with Crippen LogP contribution in [0.3, 0.4) is 0 Å². The van der Waals surface area contributed by atoms with Crippen molar-refractivity contribution in [1.29, 1.82) is 0 Å². The Kier molecular flexibility index (Phi) is 23.8. The van der Waals surface area contributed by atoms with Gasteiger partial charge in [0.15, 0.2) is 0 Å². The standard InChI is InChI=1S/C48H74N10O5/c1-35(57-34-43(29-39-8-16-47(62)17-9-39)56-25-23-52-32-40(54-21-19-49)26-36-2-10-44(59)11-3-36)30-58-42(28-38-6-14-46(61)15-7-38)33-53-22-24-55-41(31-51-20-18-48(50)63)27-37-4-12-45(60)13-5-37/h2-17,35,40-43,51-62H,18-34,49H2,1H3,(H2,50,63)/t35-,40-,41-,42-,43-/m0/s1. The van der Waals surface area contributed by atoms with E-state index < -0.39 is 0 Å². The number of phenolic OH excluding ortho intramolecular Hbond substituents is 4. The van der Waals surface area contributed by atoms with Gasteiger partial charge in [0, 0.05) is 115 Å². The Morgan fingerprint density at radius 1 is 0.444 bits per heavy atom. The van der Waals surface area contributed by atoms with E-state index in [1.165, 1.54) is 0 Å². The van der Waals surface area contributed by atoms with E-state index in [-0.39, 0.29) is 65.5 Å². The molecule has 0 aromatic heterocycles. The van der Waals surface area contributed by atoms with Crippen molar-refractivity contribution in [3.63, 3.8) is 0 Å². The number of benzene rings is 4. The van der Waals surface area contributed by atoms with E-state index >= 15 is 0 Å². The van der Waals surface area contributed by atoms with Gasteiger partial charge in [-0.25, -0.2) is 0 Å². The summed E-state index contributed by atoms with van der Waals surface area (Å²) < 4.78 is 0. The van der Waals surface area contributed by atoms with Crippen molar-refractivity contribution in [3.8, 4) is 23.0 Å². The van der Waals surface area contributed by atoms with E-state index in [0.717, 1.165) is 107 Å². The molecule has 16 N–H and O–H groups in total. The lowest BCUT2D eigenvalue weighted by molar-refractivity contribution is -0.117. The van der Waals surface area contributed by atoms with Crippen molar-refractivity contribution in [2.45, 2.75) is 69.2 Å². The number of phenols is 4. The van der Waals surface area contributed by atoms with Crippen molar-refractivity contribution in [2.24, 2.45) is 11.5 Å². The van der Waals surface area contributed by atoms with E-state index in [1.54, 1.807) is 48.5 Å². The molecule has 0 fully saturated rings. The lowest BCUT2D eigenvalue weighted by Gasteiger charge is -2.26. The molecule has 0 saturated heterocycles. The normalized spacial score (nSPS) is 13.9. The molecule has 0 unspecified atom stereocenters. The first-order valence-corrected chi connectivity index (χ1v) is 22.4. The van der Waals surface area contributed by atoms with Crippen molar-refractivity contribution >= 4 is 5.91 Å². The van der Waals surface area contributed by atoms with Gasteiger partial charge in [0.2, 0.25) is 5.91 Å². The van der Waals surface area contributed by atoms with Crippen LogP contribution < -0.4 is 54.0 Å². The molecule has 63 heavy (non-hydrogen) atoms. The molecule has 0 aliphatic heterocycles. The van der Waals surface area contributed by atoms with Crippen LogP contribution in [0.15, 0.2) is 97.1 Å². The summed E-state index contributed by atoms with van der Waals surface area (Å²) in [4.78, 5) is 11.2. The molecule has 1 amide bonds. The number of hydrogen-bond acceptors (Lipinski definition) is 14. The van der Waals surface area contributed by atoms with Crippen LogP contribution in [-0.4, -0.2) is 135 Å². The number of rotatable bonds is 34. The molecule has 5 atom stereocenters. The minimum atomic E-state index is -0.330.